The first-order valence-electron chi connectivity index (χ1n) is 15.8. The summed E-state index contributed by atoms with van der Waals surface area (Å²) in [7, 11) is 0. The Kier molecular flexibility index (Phi) is 8.58. The Morgan fingerprint density at radius 2 is 0.561 bits per heavy atom. The number of hydrogen-bond donors (Lipinski definition) is 4. The molecule has 4 aromatic heterocycles. The third-order valence-electron chi connectivity index (χ3n) is 9.10. The van der Waals surface area contributed by atoms with Crippen molar-refractivity contribution in [3.05, 3.63) is 197 Å². The van der Waals surface area contributed by atoms with E-state index in [1.807, 2.05) is 0 Å². The van der Waals surface area contributed by atoms with E-state index in [4.69, 9.17) is 0 Å². The fourth-order valence-electron chi connectivity index (χ4n) is 6.54. The van der Waals surface area contributed by atoms with Gasteiger partial charge in [-0.15, -0.1) is 0 Å². The van der Waals surface area contributed by atoms with Crippen molar-refractivity contribution in [3.63, 3.8) is 0 Å². The predicted octanol–water partition coefficient (Wildman–Crippen LogP) is 6.97. The van der Waals surface area contributed by atoms with Gasteiger partial charge in [-0.2, -0.15) is 0 Å². The van der Waals surface area contributed by atoms with Crippen molar-refractivity contribution in [1.82, 2.24) is 19.9 Å². The molecular formula is C38H13F15N4. The molecule has 0 amide bonds. The van der Waals surface area contributed by atoms with Gasteiger partial charge in [0, 0.05) is 60.9 Å². The van der Waals surface area contributed by atoms with E-state index in [0.29, 0.717) is 0 Å². The summed E-state index contributed by atoms with van der Waals surface area (Å²) < 4.78 is 223. The van der Waals surface area contributed by atoms with Gasteiger partial charge in [0.15, 0.2) is 69.8 Å². The molecule has 4 N–H and O–H groups in total. The molecule has 0 fully saturated rings. The summed E-state index contributed by atoms with van der Waals surface area (Å²) in [6.07, 6.45) is 1.25. The molecule has 19 heteroatoms. The summed E-state index contributed by atoms with van der Waals surface area (Å²) in [6, 6.07) is 8.14. The normalized spacial score (nSPS) is 12.9. The summed E-state index contributed by atoms with van der Waals surface area (Å²) >= 11 is 0. The molecule has 0 atom stereocenters. The van der Waals surface area contributed by atoms with Gasteiger partial charge < -0.3 is 19.9 Å². The monoisotopic (exact) mass is 810 g/mol. The van der Waals surface area contributed by atoms with Gasteiger partial charge in [0.25, 0.3) is 0 Å². The van der Waals surface area contributed by atoms with Crippen molar-refractivity contribution in [1.29, 1.82) is 0 Å². The number of rotatable bonds is 3. The fourth-order valence-corrected chi connectivity index (χ4v) is 6.54. The highest BCUT2D eigenvalue weighted by atomic mass is 19.2. The summed E-state index contributed by atoms with van der Waals surface area (Å²) in [5.74, 6) is -36.2. The molecule has 0 unspecified atom stereocenters. The van der Waals surface area contributed by atoms with Crippen LogP contribution >= 0.6 is 0 Å². The van der Waals surface area contributed by atoms with E-state index in [2.05, 4.69) is 19.9 Å². The summed E-state index contributed by atoms with van der Waals surface area (Å²) in [5, 5.41) is -1.62. The molecule has 5 heterocycles. The van der Waals surface area contributed by atoms with E-state index in [0.717, 1.165) is 36.4 Å². The van der Waals surface area contributed by atoms with Crippen LogP contribution in [0, 0.1) is 87.3 Å². The van der Waals surface area contributed by atoms with Crippen LogP contribution in [0.25, 0.3) is 22.8 Å². The van der Waals surface area contributed by atoms with Gasteiger partial charge in [-0.05, 0) is 54.6 Å². The van der Waals surface area contributed by atoms with Gasteiger partial charge in [0.1, 0.15) is 0 Å². The first-order valence-corrected chi connectivity index (χ1v) is 15.8. The topological polar surface area (TPSA) is 63.2 Å². The van der Waals surface area contributed by atoms with Crippen molar-refractivity contribution in [2.45, 2.75) is 0 Å². The maximum Gasteiger partial charge on any atom is 0.200 e. The van der Waals surface area contributed by atoms with Crippen LogP contribution in [0.2, 0.25) is 0 Å². The highest BCUT2D eigenvalue weighted by Crippen LogP contribution is 2.35. The molecule has 0 saturated carbocycles. The van der Waals surface area contributed by atoms with Crippen LogP contribution in [0.1, 0.15) is 39.5 Å². The van der Waals surface area contributed by atoms with Gasteiger partial charge in [-0.1, -0.05) is 0 Å². The Morgan fingerprint density at radius 3 is 0.947 bits per heavy atom. The average Bonchev–Trinajstić information content (AvgIpc) is 4.04. The highest BCUT2D eigenvalue weighted by molar-refractivity contribution is 5.84. The minimum atomic E-state index is -2.59. The molecule has 0 saturated heterocycles. The first kappa shape index (κ1) is 37.1. The second-order valence-corrected chi connectivity index (χ2v) is 12.3. The van der Waals surface area contributed by atoms with Crippen molar-refractivity contribution < 1.29 is 65.9 Å². The minimum Gasteiger partial charge on any atom is -0.355 e. The zero-order valence-electron chi connectivity index (χ0n) is 27.4. The van der Waals surface area contributed by atoms with Crippen LogP contribution in [0.15, 0.2) is 48.5 Å². The molecule has 8 rings (SSSR count). The number of benzene rings is 3. The molecule has 57 heavy (non-hydrogen) atoms. The number of halogens is 15. The number of aromatic nitrogens is 4. The zero-order valence-corrected chi connectivity index (χ0v) is 27.4. The van der Waals surface area contributed by atoms with Crippen molar-refractivity contribution >= 4 is 22.8 Å². The van der Waals surface area contributed by atoms with E-state index in [1.165, 1.54) is 18.2 Å². The van der Waals surface area contributed by atoms with Crippen LogP contribution < -0.4 is 21.4 Å². The Balaban J connectivity index is 1.58. The summed E-state index contributed by atoms with van der Waals surface area (Å²) in [6.45, 7) is 0. The minimum absolute atomic E-state index is 0.00671. The molecule has 3 aromatic carbocycles. The molecule has 1 aliphatic rings. The third kappa shape index (κ3) is 5.50. The zero-order chi connectivity index (χ0) is 40.9. The van der Waals surface area contributed by atoms with E-state index in [-0.39, 0.29) is 22.1 Å². The van der Waals surface area contributed by atoms with Gasteiger partial charge in [0.05, 0.1) is 16.7 Å². The molecule has 8 bridgehead atoms. The Bertz CT molecular complexity index is 3060. The third-order valence-corrected chi connectivity index (χ3v) is 9.10. The summed E-state index contributed by atoms with van der Waals surface area (Å²) in [5.41, 5.74) is -8.92. The Hall–Kier alpha value is -6.79. The van der Waals surface area contributed by atoms with Crippen molar-refractivity contribution in [2.24, 2.45) is 0 Å². The fraction of sp³-hybridized carbons (Fsp3) is 0. The lowest BCUT2D eigenvalue weighted by molar-refractivity contribution is 0.376. The van der Waals surface area contributed by atoms with Gasteiger partial charge in [-0.25, -0.2) is 65.9 Å². The largest absolute Gasteiger partial charge is 0.355 e. The lowest BCUT2D eigenvalue weighted by Gasteiger charge is -2.13. The molecule has 0 radical (unpaired) electrons. The lowest BCUT2D eigenvalue weighted by atomic mass is 10.00. The van der Waals surface area contributed by atoms with Gasteiger partial charge >= 0.3 is 0 Å². The van der Waals surface area contributed by atoms with Crippen LogP contribution in [0.5, 0.6) is 0 Å². The molecule has 1 aliphatic heterocycles. The van der Waals surface area contributed by atoms with Crippen LogP contribution in [-0.4, -0.2) is 19.9 Å². The summed E-state index contributed by atoms with van der Waals surface area (Å²) in [4.78, 5) is 10.2. The second kappa shape index (κ2) is 13.2. The van der Waals surface area contributed by atoms with Crippen molar-refractivity contribution in [2.75, 3.05) is 0 Å². The molecule has 0 aliphatic carbocycles. The van der Waals surface area contributed by atoms with Crippen LogP contribution in [0.4, 0.5) is 65.9 Å². The van der Waals surface area contributed by atoms with E-state index in [1.54, 1.807) is 0 Å². The molecule has 0 spiro atoms. The van der Waals surface area contributed by atoms with E-state index < -0.39 is 143 Å². The first-order chi connectivity index (χ1) is 27.0. The predicted molar refractivity (Wildman–Crippen MR) is 169 cm³/mol. The van der Waals surface area contributed by atoms with Gasteiger partial charge in [0.2, 0.25) is 17.5 Å². The molecule has 4 nitrogen and oxygen atoms in total. The molecule has 7 aromatic rings. The number of aromatic amines is 4. The second-order valence-electron chi connectivity index (χ2n) is 12.3. The number of H-pyrrole nitrogens is 4. The van der Waals surface area contributed by atoms with Crippen molar-refractivity contribution in [3.8, 4) is 0 Å². The molecule has 290 valence electrons. The molecular weight excluding hydrogens is 797 g/mol. The average molecular weight is 811 g/mol. The smallest absolute Gasteiger partial charge is 0.200 e. The maximum absolute atomic E-state index is 15.6. The van der Waals surface area contributed by atoms with Crippen LogP contribution in [-0.2, 0) is 0 Å². The number of fused-ring (bicyclic) bond motifs is 8. The van der Waals surface area contributed by atoms with E-state index >= 15 is 26.3 Å². The SMILES string of the molecule is Fc1c(F)c(F)c(C2=c3ccc([nH]3)=Cc3ccc([nH]3)C(c3c(F)c(F)c(F)c(F)c3F)=c3ccc([nH]3)=C(c3c(F)c(F)c(F)c(F)c3F)c3ccc2[nH]3)c(F)c1F. The highest BCUT2D eigenvalue weighted by Gasteiger charge is 2.33. The number of hydrogen-bond acceptors (Lipinski definition) is 0. The van der Waals surface area contributed by atoms with E-state index in [9.17, 15) is 39.5 Å². The maximum atomic E-state index is 15.6. The Labute approximate surface area is 305 Å². The quantitative estimate of drug-likeness (QED) is 0.0848. The number of nitrogens with one attached hydrogen (secondary N) is 4. The van der Waals surface area contributed by atoms with Crippen LogP contribution in [0.3, 0.4) is 0 Å². The standard InChI is InChI=1S/C38H13F15N4/c39-24-21(25(40)31(46)36(51)30(24)45)18-12-3-1-10(54-12)9-11-2-4-13(55-11)19(22-26(41)32(47)37(52)33(48)27(22)42)15-6-8-17(57-15)20(16-7-5-14(18)56-16)23-28(43)34(49)38(53)35(50)29(23)44/h1-9,54-57H. The van der Waals surface area contributed by atoms with Gasteiger partial charge in [-0.3, -0.25) is 0 Å². The Morgan fingerprint density at radius 1 is 0.263 bits per heavy atom. The lowest BCUT2D eigenvalue weighted by Crippen LogP contribution is -2.21.